The lowest BCUT2D eigenvalue weighted by Gasteiger charge is -2.06. The van der Waals surface area contributed by atoms with Gasteiger partial charge in [-0.2, -0.15) is 0 Å². The minimum Gasteiger partial charge on any atom is -0.302 e. The van der Waals surface area contributed by atoms with Gasteiger partial charge < -0.3 is 5.32 Å². The molecule has 1 rings (SSSR count). The Bertz CT molecular complexity index is 377. The van der Waals surface area contributed by atoms with Gasteiger partial charge in [0.1, 0.15) is 6.20 Å². The van der Waals surface area contributed by atoms with Crippen LogP contribution >= 0.6 is 11.3 Å². The molecular weight excluding hydrogens is 218 g/mol. The van der Waals surface area contributed by atoms with Crippen LogP contribution in [-0.2, 0) is 4.79 Å². The van der Waals surface area contributed by atoms with Gasteiger partial charge in [0.2, 0.25) is 5.91 Å². The Labute approximate surface area is 90.5 Å². The molecule has 1 amide bonds. The first-order chi connectivity index (χ1) is 7.04. The lowest BCUT2D eigenvalue weighted by atomic mass is 10.1. The number of nitro groups is 1. The summed E-state index contributed by atoms with van der Waals surface area (Å²) in [7, 11) is 0. The zero-order valence-electron chi connectivity index (χ0n) is 8.39. The van der Waals surface area contributed by atoms with E-state index in [9.17, 15) is 14.9 Å². The number of anilines is 1. The van der Waals surface area contributed by atoms with Crippen molar-refractivity contribution in [3.8, 4) is 0 Å². The van der Waals surface area contributed by atoms with Crippen LogP contribution in [0.4, 0.5) is 10.1 Å². The van der Waals surface area contributed by atoms with Crippen molar-refractivity contribution >= 4 is 27.4 Å². The molecule has 0 spiro atoms. The van der Waals surface area contributed by atoms with E-state index >= 15 is 0 Å². The Morgan fingerprint density at radius 3 is 2.93 bits per heavy atom. The first kappa shape index (κ1) is 11.6. The van der Waals surface area contributed by atoms with Gasteiger partial charge in [-0.05, 0) is 17.8 Å². The van der Waals surface area contributed by atoms with Crippen LogP contribution < -0.4 is 5.32 Å². The third-order valence-corrected chi connectivity index (χ3v) is 2.83. The SMILES string of the molecule is CCC(C)C(=O)Nc1ncc([N+](=O)[O-])s1. The van der Waals surface area contributed by atoms with Crippen molar-refractivity contribution in [1.82, 2.24) is 4.98 Å². The van der Waals surface area contributed by atoms with Crippen LogP contribution in [0.1, 0.15) is 20.3 Å². The zero-order valence-corrected chi connectivity index (χ0v) is 9.21. The molecule has 1 unspecified atom stereocenters. The van der Waals surface area contributed by atoms with Gasteiger partial charge in [0.25, 0.3) is 0 Å². The number of nitrogens with one attached hydrogen (secondary N) is 1. The van der Waals surface area contributed by atoms with Crippen LogP contribution in [0.5, 0.6) is 0 Å². The second-order valence-electron chi connectivity index (χ2n) is 3.06. The van der Waals surface area contributed by atoms with Crippen molar-refractivity contribution in [2.75, 3.05) is 5.32 Å². The topological polar surface area (TPSA) is 85.1 Å². The number of hydrogen-bond donors (Lipinski definition) is 1. The summed E-state index contributed by atoms with van der Waals surface area (Å²) in [4.78, 5) is 25.0. The fourth-order valence-corrected chi connectivity index (χ4v) is 1.46. The Kier molecular flexibility index (Phi) is 3.73. The molecule has 0 aromatic carbocycles. The molecule has 6 nitrogen and oxygen atoms in total. The highest BCUT2D eigenvalue weighted by Crippen LogP contribution is 2.25. The summed E-state index contributed by atoms with van der Waals surface area (Å²) in [5.74, 6) is -0.283. The monoisotopic (exact) mass is 229 g/mol. The van der Waals surface area contributed by atoms with E-state index in [1.54, 1.807) is 6.92 Å². The number of amides is 1. The van der Waals surface area contributed by atoms with Crippen LogP contribution in [0.2, 0.25) is 0 Å². The number of carbonyl (C=O) groups excluding carboxylic acids is 1. The highest BCUT2D eigenvalue weighted by molar-refractivity contribution is 7.18. The molecule has 0 aliphatic rings. The van der Waals surface area contributed by atoms with E-state index in [2.05, 4.69) is 10.3 Å². The summed E-state index contributed by atoms with van der Waals surface area (Å²) in [5.41, 5.74) is 0. The average molecular weight is 229 g/mol. The van der Waals surface area contributed by atoms with Crippen LogP contribution in [0.3, 0.4) is 0 Å². The standard InChI is InChI=1S/C8H11N3O3S/c1-3-5(2)7(12)10-8-9-4-6(15-8)11(13)14/h4-5H,3H2,1-2H3,(H,9,10,12). The second-order valence-corrected chi connectivity index (χ2v) is 4.07. The average Bonchev–Trinajstić information content (AvgIpc) is 2.65. The van der Waals surface area contributed by atoms with Crippen molar-refractivity contribution in [2.24, 2.45) is 5.92 Å². The van der Waals surface area contributed by atoms with Crippen LogP contribution in [0.15, 0.2) is 6.20 Å². The minimum atomic E-state index is -0.531. The van der Waals surface area contributed by atoms with Crippen molar-refractivity contribution in [1.29, 1.82) is 0 Å². The van der Waals surface area contributed by atoms with Gasteiger partial charge in [-0.3, -0.25) is 14.9 Å². The molecule has 1 N–H and O–H groups in total. The van der Waals surface area contributed by atoms with E-state index < -0.39 is 4.92 Å². The molecule has 1 heterocycles. The molecule has 0 fully saturated rings. The first-order valence-corrected chi connectivity index (χ1v) is 5.27. The summed E-state index contributed by atoms with van der Waals surface area (Å²) in [6.45, 7) is 3.69. The highest BCUT2D eigenvalue weighted by Gasteiger charge is 2.15. The lowest BCUT2D eigenvalue weighted by molar-refractivity contribution is -0.380. The number of carbonyl (C=O) groups is 1. The van der Waals surface area contributed by atoms with Crippen LogP contribution in [-0.4, -0.2) is 15.8 Å². The fraction of sp³-hybridized carbons (Fsp3) is 0.500. The second kappa shape index (κ2) is 4.83. The van der Waals surface area contributed by atoms with Gasteiger partial charge in [0, 0.05) is 5.92 Å². The molecule has 7 heteroatoms. The summed E-state index contributed by atoms with van der Waals surface area (Å²) >= 11 is 0.855. The lowest BCUT2D eigenvalue weighted by Crippen LogP contribution is -2.19. The first-order valence-electron chi connectivity index (χ1n) is 4.45. The van der Waals surface area contributed by atoms with Gasteiger partial charge in [0.15, 0.2) is 5.13 Å². The number of nitrogens with zero attached hydrogens (tertiary/aromatic N) is 2. The van der Waals surface area contributed by atoms with Gasteiger partial charge in [0.05, 0.1) is 4.92 Å². The van der Waals surface area contributed by atoms with Crippen molar-refractivity contribution < 1.29 is 9.72 Å². The molecule has 82 valence electrons. The summed E-state index contributed by atoms with van der Waals surface area (Å²) in [5, 5.41) is 13.1. The predicted octanol–water partition coefficient (Wildman–Crippen LogP) is 2.04. The van der Waals surface area contributed by atoms with Gasteiger partial charge in [-0.25, -0.2) is 4.98 Å². The molecule has 1 atom stereocenters. The summed E-state index contributed by atoms with van der Waals surface area (Å²) in [6.07, 6.45) is 1.86. The minimum absolute atomic E-state index is 0.0746. The summed E-state index contributed by atoms with van der Waals surface area (Å²) in [6, 6.07) is 0. The molecule has 15 heavy (non-hydrogen) atoms. The van der Waals surface area contributed by atoms with E-state index in [0.29, 0.717) is 0 Å². The van der Waals surface area contributed by atoms with E-state index in [-0.39, 0.29) is 22.0 Å². The highest BCUT2D eigenvalue weighted by atomic mass is 32.1. The molecule has 0 saturated heterocycles. The van der Waals surface area contributed by atoms with Crippen molar-refractivity contribution in [2.45, 2.75) is 20.3 Å². The number of aromatic nitrogens is 1. The Balaban J connectivity index is 2.65. The largest absolute Gasteiger partial charge is 0.345 e. The maximum Gasteiger partial charge on any atom is 0.345 e. The molecule has 0 radical (unpaired) electrons. The van der Waals surface area contributed by atoms with E-state index in [0.717, 1.165) is 24.0 Å². The van der Waals surface area contributed by atoms with Gasteiger partial charge in [-0.15, -0.1) is 0 Å². The van der Waals surface area contributed by atoms with E-state index in [1.807, 2.05) is 6.92 Å². The molecular formula is C8H11N3O3S. The molecule has 1 aromatic rings. The Morgan fingerprint density at radius 2 is 2.47 bits per heavy atom. The predicted molar refractivity (Wildman–Crippen MR) is 56.9 cm³/mol. The van der Waals surface area contributed by atoms with Gasteiger partial charge in [-0.1, -0.05) is 13.8 Å². The molecule has 0 aliphatic carbocycles. The number of thiazole rings is 1. The number of hydrogen-bond acceptors (Lipinski definition) is 5. The van der Waals surface area contributed by atoms with Crippen molar-refractivity contribution in [3.05, 3.63) is 16.3 Å². The Hall–Kier alpha value is -1.50. The van der Waals surface area contributed by atoms with Gasteiger partial charge >= 0.3 is 5.00 Å². The maximum absolute atomic E-state index is 11.4. The molecule has 0 bridgehead atoms. The maximum atomic E-state index is 11.4. The normalized spacial score (nSPS) is 12.1. The number of rotatable bonds is 4. The van der Waals surface area contributed by atoms with Crippen LogP contribution in [0, 0.1) is 16.0 Å². The Morgan fingerprint density at radius 1 is 1.80 bits per heavy atom. The summed E-state index contributed by atoms with van der Waals surface area (Å²) < 4.78 is 0. The fourth-order valence-electron chi connectivity index (χ4n) is 0.822. The quantitative estimate of drug-likeness (QED) is 0.632. The third kappa shape index (κ3) is 2.98. The third-order valence-electron chi connectivity index (χ3n) is 1.96. The van der Waals surface area contributed by atoms with E-state index in [4.69, 9.17) is 0 Å². The van der Waals surface area contributed by atoms with E-state index in [1.165, 1.54) is 0 Å². The molecule has 0 aliphatic heterocycles. The molecule has 1 aromatic heterocycles. The van der Waals surface area contributed by atoms with Crippen molar-refractivity contribution in [3.63, 3.8) is 0 Å². The zero-order chi connectivity index (χ0) is 11.4. The molecule has 0 saturated carbocycles. The van der Waals surface area contributed by atoms with Crippen LogP contribution in [0.25, 0.3) is 0 Å². The smallest absolute Gasteiger partial charge is 0.302 e.